The number of likely N-dealkylation sites (tertiary alicyclic amines) is 1. The lowest BCUT2D eigenvalue weighted by molar-refractivity contribution is 0.330. The van der Waals surface area contributed by atoms with Gasteiger partial charge in [0.2, 0.25) is 0 Å². The van der Waals surface area contributed by atoms with Crippen molar-refractivity contribution in [2.75, 3.05) is 13.1 Å². The first-order valence-electron chi connectivity index (χ1n) is 9.19. The van der Waals surface area contributed by atoms with Crippen LogP contribution in [0.2, 0.25) is 0 Å². The van der Waals surface area contributed by atoms with Gasteiger partial charge in [-0.15, -0.1) is 0 Å². The standard InChI is InChI=1S/C23H22N2O/c26-23-21(17-25-13-4-5-14-25)16-20-15-19(11-12-22(20)24-23)10-6-9-18-7-2-1-3-8-18/h1-3,7-8,11-12,15-16H,4-5,9,13-14,17H2,(H,24,26). The zero-order chi connectivity index (χ0) is 17.8. The van der Waals surface area contributed by atoms with Gasteiger partial charge in [-0.05, 0) is 61.1 Å². The fourth-order valence-electron chi connectivity index (χ4n) is 3.47. The lowest BCUT2D eigenvalue weighted by Crippen LogP contribution is -2.24. The smallest absolute Gasteiger partial charge is 0.252 e. The average Bonchev–Trinajstić information content (AvgIpc) is 3.17. The predicted molar refractivity (Wildman–Crippen MR) is 106 cm³/mol. The summed E-state index contributed by atoms with van der Waals surface area (Å²) >= 11 is 0. The van der Waals surface area contributed by atoms with E-state index >= 15 is 0 Å². The Morgan fingerprint density at radius 1 is 1.00 bits per heavy atom. The van der Waals surface area contributed by atoms with Crippen molar-refractivity contribution in [1.82, 2.24) is 9.88 Å². The largest absolute Gasteiger partial charge is 0.322 e. The molecule has 1 aliphatic rings. The number of hydrogen-bond acceptors (Lipinski definition) is 2. The molecule has 0 amide bonds. The van der Waals surface area contributed by atoms with Gasteiger partial charge in [0.1, 0.15) is 0 Å². The third kappa shape index (κ3) is 3.87. The van der Waals surface area contributed by atoms with E-state index in [1.165, 1.54) is 18.4 Å². The highest BCUT2D eigenvalue weighted by Crippen LogP contribution is 2.16. The molecule has 1 saturated heterocycles. The molecule has 0 saturated carbocycles. The second-order valence-electron chi connectivity index (χ2n) is 6.87. The molecule has 4 rings (SSSR count). The zero-order valence-corrected chi connectivity index (χ0v) is 14.8. The number of H-pyrrole nitrogens is 1. The molecule has 3 heteroatoms. The maximum absolute atomic E-state index is 12.3. The van der Waals surface area contributed by atoms with Crippen LogP contribution in [0.1, 0.15) is 29.5 Å². The molecule has 1 N–H and O–H groups in total. The fraction of sp³-hybridized carbons (Fsp3) is 0.261. The molecule has 130 valence electrons. The summed E-state index contributed by atoms with van der Waals surface area (Å²) in [6.07, 6.45) is 3.20. The van der Waals surface area contributed by atoms with Crippen LogP contribution in [0.15, 0.2) is 59.4 Å². The first kappa shape index (κ1) is 16.6. The van der Waals surface area contributed by atoms with E-state index in [1.54, 1.807) is 0 Å². The molecule has 0 radical (unpaired) electrons. The van der Waals surface area contributed by atoms with Crippen molar-refractivity contribution in [3.8, 4) is 11.8 Å². The quantitative estimate of drug-likeness (QED) is 0.737. The monoisotopic (exact) mass is 342 g/mol. The zero-order valence-electron chi connectivity index (χ0n) is 14.8. The Kier molecular flexibility index (Phi) is 4.86. The minimum Gasteiger partial charge on any atom is -0.322 e. The first-order valence-corrected chi connectivity index (χ1v) is 9.19. The van der Waals surface area contributed by atoms with E-state index < -0.39 is 0 Å². The van der Waals surface area contributed by atoms with Gasteiger partial charge in [0.25, 0.3) is 5.56 Å². The lowest BCUT2D eigenvalue weighted by atomic mass is 10.1. The van der Waals surface area contributed by atoms with Crippen molar-refractivity contribution in [2.45, 2.75) is 25.8 Å². The van der Waals surface area contributed by atoms with Crippen molar-refractivity contribution in [3.05, 3.63) is 81.6 Å². The molecule has 1 aliphatic heterocycles. The molecule has 0 bridgehead atoms. The van der Waals surface area contributed by atoms with Gasteiger partial charge in [-0.25, -0.2) is 0 Å². The molecule has 1 aromatic heterocycles. The Bertz CT molecular complexity index is 1020. The van der Waals surface area contributed by atoms with Crippen LogP contribution in [0, 0.1) is 11.8 Å². The Morgan fingerprint density at radius 3 is 2.62 bits per heavy atom. The van der Waals surface area contributed by atoms with Crippen LogP contribution in [0.5, 0.6) is 0 Å². The predicted octanol–water partition coefficient (Wildman–Crippen LogP) is 3.72. The Labute approximate surface area is 153 Å². The van der Waals surface area contributed by atoms with Crippen LogP contribution in [0.4, 0.5) is 0 Å². The summed E-state index contributed by atoms with van der Waals surface area (Å²) in [7, 11) is 0. The molecule has 0 aliphatic carbocycles. The van der Waals surface area contributed by atoms with Gasteiger partial charge in [-0.2, -0.15) is 0 Å². The van der Waals surface area contributed by atoms with E-state index in [-0.39, 0.29) is 5.56 Å². The third-order valence-electron chi connectivity index (χ3n) is 4.88. The van der Waals surface area contributed by atoms with Crippen LogP contribution in [-0.2, 0) is 13.0 Å². The third-order valence-corrected chi connectivity index (χ3v) is 4.88. The molecule has 3 aromatic rings. The summed E-state index contributed by atoms with van der Waals surface area (Å²) < 4.78 is 0. The molecule has 0 spiro atoms. The maximum atomic E-state index is 12.3. The minimum absolute atomic E-state index is 0.0207. The number of aromatic nitrogens is 1. The van der Waals surface area contributed by atoms with Gasteiger partial charge in [-0.1, -0.05) is 42.2 Å². The van der Waals surface area contributed by atoms with E-state index in [4.69, 9.17) is 0 Å². The molecule has 0 atom stereocenters. The lowest BCUT2D eigenvalue weighted by Gasteiger charge is -2.14. The number of nitrogens with one attached hydrogen (secondary N) is 1. The van der Waals surface area contributed by atoms with Crippen molar-refractivity contribution < 1.29 is 0 Å². The van der Waals surface area contributed by atoms with Gasteiger partial charge >= 0.3 is 0 Å². The second-order valence-corrected chi connectivity index (χ2v) is 6.87. The number of fused-ring (bicyclic) bond motifs is 1. The summed E-state index contributed by atoms with van der Waals surface area (Å²) in [5.41, 5.74) is 3.93. The highest BCUT2D eigenvalue weighted by molar-refractivity contribution is 5.80. The Hall–Kier alpha value is -2.83. The molecular formula is C23H22N2O. The SMILES string of the molecule is O=c1[nH]c2ccc(C#CCc3ccccc3)cc2cc1CN1CCCC1. The molecule has 1 fully saturated rings. The summed E-state index contributed by atoms with van der Waals surface area (Å²) in [6.45, 7) is 2.90. The first-order chi connectivity index (χ1) is 12.8. The van der Waals surface area contributed by atoms with Crippen LogP contribution in [0.25, 0.3) is 10.9 Å². The average molecular weight is 342 g/mol. The maximum Gasteiger partial charge on any atom is 0.252 e. The van der Waals surface area contributed by atoms with E-state index in [2.05, 4.69) is 39.9 Å². The molecule has 2 heterocycles. The molecule has 2 aromatic carbocycles. The van der Waals surface area contributed by atoms with Gasteiger partial charge in [-0.3, -0.25) is 9.69 Å². The highest BCUT2D eigenvalue weighted by Gasteiger charge is 2.14. The Morgan fingerprint density at radius 2 is 1.81 bits per heavy atom. The summed E-state index contributed by atoms with van der Waals surface area (Å²) in [5, 5.41) is 1.05. The van der Waals surface area contributed by atoms with Crippen LogP contribution in [0.3, 0.4) is 0 Å². The molecule has 26 heavy (non-hydrogen) atoms. The van der Waals surface area contributed by atoms with Crippen LogP contribution >= 0.6 is 0 Å². The van der Waals surface area contributed by atoms with Crippen LogP contribution in [-0.4, -0.2) is 23.0 Å². The number of hydrogen-bond donors (Lipinski definition) is 1. The fourth-order valence-corrected chi connectivity index (χ4v) is 3.47. The van der Waals surface area contributed by atoms with Gasteiger partial charge in [0.05, 0.1) is 0 Å². The summed E-state index contributed by atoms with van der Waals surface area (Å²) in [6, 6.07) is 18.3. The molecule has 0 unspecified atom stereocenters. The number of pyridine rings is 1. The van der Waals surface area contributed by atoms with Gasteiger partial charge < -0.3 is 4.98 Å². The van der Waals surface area contributed by atoms with E-state index in [9.17, 15) is 4.79 Å². The van der Waals surface area contributed by atoms with Crippen molar-refractivity contribution >= 4 is 10.9 Å². The van der Waals surface area contributed by atoms with Gasteiger partial charge in [0.15, 0.2) is 0 Å². The highest BCUT2D eigenvalue weighted by atomic mass is 16.1. The number of aromatic amines is 1. The van der Waals surface area contributed by atoms with Crippen LogP contribution < -0.4 is 5.56 Å². The summed E-state index contributed by atoms with van der Waals surface area (Å²) in [5.74, 6) is 6.48. The van der Waals surface area contributed by atoms with E-state index in [1.807, 2.05) is 36.4 Å². The molecule has 3 nitrogen and oxygen atoms in total. The number of rotatable bonds is 3. The second kappa shape index (κ2) is 7.59. The normalized spacial score (nSPS) is 14.3. The summed E-state index contributed by atoms with van der Waals surface area (Å²) in [4.78, 5) is 17.7. The van der Waals surface area contributed by atoms with Crippen molar-refractivity contribution in [2.24, 2.45) is 0 Å². The topological polar surface area (TPSA) is 36.1 Å². The number of nitrogens with zero attached hydrogens (tertiary/aromatic N) is 1. The van der Waals surface area contributed by atoms with E-state index in [0.717, 1.165) is 48.1 Å². The molecular weight excluding hydrogens is 320 g/mol. The van der Waals surface area contributed by atoms with Crippen molar-refractivity contribution in [3.63, 3.8) is 0 Å². The van der Waals surface area contributed by atoms with E-state index in [0.29, 0.717) is 0 Å². The minimum atomic E-state index is 0.0207. The Balaban J connectivity index is 1.57. The van der Waals surface area contributed by atoms with Crippen molar-refractivity contribution in [1.29, 1.82) is 0 Å². The van der Waals surface area contributed by atoms with Gasteiger partial charge in [0, 0.05) is 29.6 Å². The number of benzene rings is 2.